The number of rotatable bonds is 6. The Bertz CT molecular complexity index is 846. The smallest absolute Gasteiger partial charge is 0.232 e. The summed E-state index contributed by atoms with van der Waals surface area (Å²) in [6.45, 7) is 3.06. The highest BCUT2D eigenvalue weighted by molar-refractivity contribution is 7.99. The third kappa shape index (κ3) is 5.97. The summed E-state index contributed by atoms with van der Waals surface area (Å²) in [6, 6.07) is 13.2. The molecule has 0 saturated carbocycles. The van der Waals surface area contributed by atoms with Crippen LogP contribution in [0, 0.1) is 12.8 Å². The Morgan fingerprint density at radius 1 is 1.29 bits per heavy atom. The first-order valence-corrected chi connectivity index (χ1v) is 10.9. The number of nitrogens with zero attached hydrogens (tertiary/aromatic N) is 2. The summed E-state index contributed by atoms with van der Waals surface area (Å²) in [5, 5.41) is 3.58. The van der Waals surface area contributed by atoms with E-state index in [0.717, 1.165) is 29.9 Å². The van der Waals surface area contributed by atoms with Crippen LogP contribution in [0.3, 0.4) is 0 Å². The highest BCUT2D eigenvalue weighted by Gasteiger charge is 2.28. The van der Waals surface area contributed by atoms with Gasteiger partial charge in [-0.2, -0.15) is 0 Å². The van der Waals surface area contributed by atoms with E-state index in [4.69, 9.17) is 11.6 Å². The summed E-state index contributed by atoms with van der Waals surface area (Å²) >= 11 is 7.56. The number of hydrogen-bond donors (Lipinski definition) is 1. The molecular weight excluding hydrogens is 394 g/mol. The van der Waals surface area contributed by atoms with Gasteiger partial charge in [-0.15, -0.1) is 11.8 Å². The molecule has 5 nitrogen and oxygen atoms in total. The minimum absolute atomic E-state index is 0.0674. The number of amides is 2. The molecule has 1 atom stereocenters. The van der Waals surface area contributed by atoms with Crippen LogP contribution in [0.15, 0.2) is 42.5 Å². The number of thioether (sulfide) groups is 1. The van der Waals surface area contributed by atoms with Gasteiger partial charge in [0.05, 0.1) is 11.7 Å². The molecule has 1 aromatic heterocycles. The van der Waals surface area contributed by atoms with E-state index in [1.54, 1.807) is 17.8 Å². The van der Waals surface area contributed by atoms with Crippen LogP contribution in [0.4, 0.5) is 5.82 Å². The number of carbonyl (C=O) groups excluding carboxylic acids is 2. The topological polar surface area (TPSA) is 62.3 Å². The zero-order valence-electron chi connectivity index (χ0n) is 15.9. The molecule has 7 heteroatoms. The molecule has 1 aliphatic rings. The van der Waals surface area contributed by atoms with Crippen LogP contribution < -0.4 is 5.32 Å². The lowest BCUT2D eigenvalue weighted by Crippen LogP contribution is -2.44. The first-order valence-electron chi connectivity index (χ1n) is 9.36. The van der Waals surface area contributed by atoms with Crippen molar-refractivity contribution in [2.24, 2.45) is 5.92 Å². The van der Waals surface area contributed by atoms with Gasteiger partial charge in [-0.3, -0.25) is 9.59 Å². The van der Waals surface area contributed by atoms with E-state index in [0.29, 0.717) is 29.7 Å². The van der Waals surface area contributed by atoms with Crippen molar-refractivity contribution in [1.29, 1.82) is 0 Å². The maximum Gasteiger partial charge on any atom is 0.232 e. The minimum atomic E-state index is -0.196. The second-order valence-electron chi connectivity index (χ2n) is 6.96. The Balaban J connectivity index is 1.48. The van der Waals surface area contributed by atoms with E-state index in [-0.39, 0.29) is 17.7 Å². The third-order valence-corrected chi connectivity index (χ3v) is 5.89. The number of nitrogens with one attached hydrogen (secondary N) is 1. The fourth-order valence-electron chi connectivity index (χ4n) is 3.23. The zero-order chi connectivity index (χ0) is 19.9. The van der Waals surface area contributed by atoms with E-state index in [1.165, 1.54) is 0 Å². The van der Waals surface area contributed by atoms with E-state index in [2.05, 4.69) is 10.3 Å². The highest BCUT2D eigenvalue weighted by Crippen LogP contribution is 2.21. The number of halogens is 1. The van der Waals surface area contributed by atoms with Gasteiger partial charge >= 0.3 is 0 Å². The molecular formula is C21H24ClN3O2S. The first-order chi connectivity index (χ1) is 13.5. The summed E-state index contributed by atoms with van der Waals surface area (Å²) in [5.74, 6) is 1.52. The molecule has 1 fully saturated rings. The van der Waals surface area contributed by atoms with E-state index in [1.807, 2.05) is 48.2 Å². The number of aryl methyl sites for hydroxylation is 1. The van der Waals surface area contributed by atoms with Crippen molar-refractivity contribution in [1.82, 2.24) is 9.88 Å². The second-order valence-corrected chi connectivity index (χ2v) is 8.38. The molecule has 2 aromatic rings. The monoisotopic (exact) mass is 417 g/mol. The molecule has 28 heavy (non-hydrogen) atoms. The third-order valence-electron chi connectivity index (χ3n) is 4.67. The van der Waals surface area contributed by atoms with Crippen molar-refractivity contribution in [3.63, 3.8) is 0 Å². The SMILES string of the molecule is Cc1cccc(NC(=O)C2CCCN(C(=O)CSCc3cccc(Cl)c3)C2)n1. The lowest BCUT2D eigenvalue weighted by molar-refractivity contribution is -0.132. The largest absolute Gasteiger partial charge is 0.341 e. The van der Waals surface area contributed by atoms with Gasteiger partial charge in [-0.05, 0) is 49.6 Å². The molecule has 0 spiro atoms. The molecule has 0 radical (unpaired) electrons. The molecule has 2 heterocycles. The number of carbonyl (C=O) groups is 2. The summed E-state index contributed by atoms with van der Waals surface area (Å²) in [4.78, 5) is 31.3. The van der Waals surface area contributed by atoms with Crippen molar-refractivity contribution in [3.8, 4) is 0 Å². The summed E-state index contributed by atoms with van der Waals surface area (Å²) < 4.78 is 0. The highest BCUT2D eigenvalue weighted by atomic mass is 35.5. The number of anilines is 1. The number of aromatic nitrogens is 1. The van der Waals surface area contributed by atoms with Crippen molar-refractivity contribution in [2.75, 3.05) is 24.2 Å². The summed E-state index contributed by atoms with van der Waals surface area (Å²) in [7, 11) is 0. The predicted molar refractivity (Wildman–Crippen MR) is 115 cm³/mol. The Morgan fingerprint density at radius 3 is 2.89 bits per heavy atom. The fourth-order valence-corrected chi connectivity index (χ4v) is 4.32. The Morgan fingerprint density at radius 2 is 2.11 bits per heavy atom. The maximum absolute atomic E-state index is 12.6. The van der Waals surface area contributed by atoms with Crippen molar-refractivity contribution >= 4 is 41.0 Å². The zero-order valence-corrected chi connectivity index (χ0v) is 17.4. The Kier molecular flexibility index (Phi) is 7.34. The van der Waals surface area contributed by atoms with Gasteiger partial charge in [0.2, 0.25) is 11.8 Å². The molecule has 1 aromatic carbocycles. The number of pyridine rings is 1. The van der Waals surface area contributed by atoms with Crippen molar-refractivity contribution < 1.29 is 9.59 Å². The molecule has 3 rings (SSSR count). The van der Waals surface area contributed by atoms with E-state index >= 15 is 0 Å². The van der Waals surface area contributed by atoms with Crippen LogP contribution in [-0.4, -0.2) is 40.5 Å². The molecule has 2 amide bonds. The molecule has 1 saturated heterocycles. The number of likely N-dealkylation sites (tertiary alicyclic amines) is 1. The van der Waals surface area contributed by atoms with Crippen LogP contribution in [0.1, 0.15) is 24.1 Å². The van der Waals surface area contributed by atoms with Gasteiger partial charge in [0.15, 0.2) is 0 Å². The number of hydrogen-bond acceptors (Lipinski definition) is 4. The summed E-state index contributed by atoms with van der Waals surface area (Å²) in [6.07, 6.45) is 1.63. The predicted octanol–water partition coefficient (Wildman–Crippen LogP) is 4.15. The number of piperidine rings is 1. The van der Waals surface area contributed by atoms with Crippen molar-refractivity contribution in [2.45, 2.75) is 25.5 Å². The average molecular weight is 418 g/mol. The van der Waals surface area contributed by atoms with Crippen LogP contribution in [0.5, 0.6) is 0 Å². The lowest BCUT2D eigenvalue weighted by atomic mass is 9.97. The van der Waals surface area contributed by atoms with Gasteiger partial charge in [0.1, 0.15) is 5.82 Å². The minimum Gasteiger partial charge on any atom is -0.341 e. The van der Waals surface area contributed by atoms with Crippen molar-refractivity contribution in [3.05, 3.63) is 58.7 Å². The molecule has 0 bridgehead atoms. The molecule has 1 unspecified atom stereocenters. The van der Waals surface area contributed by atoms with Gasteiger partial charge in [-0.1, -0.05) is 29.8 Å². The van der Waals surface area contributed by atoms with Gasteiger partial charge in [0, 0.05) is 29.6 Å². The van der Waals surface area contributed by atoms with Crippen LogP contribution in [0.25, 0.3) is 0 Å². The second kappa shape index (κ2) is 9.94. The Hall–Kier alpha value is -2.05. The molecule has 1 N–H and O–H groups in total. The van der Waals surface area contributed by atoms with Gasteiger partial charge in [0.25, 0.3) is 0 Å². The molecule has 0 aliphatic carbocycles. The normalized spacial score (nSPS) is 16.6. The van der Waals surface area contributed by atoms with Crippen LogP contribution in [-0.2, 0) is 15.3 Å². The van der Waals surface area contributed by atoms with E-state index in [9.17, 15) is 9.59 Å². The fraction of sp³-hybridized carbons (Fsp3) is 0.381. The Labute approximate surface area is 174 Å². The van der Waals surface area contributed by atoms with Gasteiger partial charge in [-0.25, -0.2) is 4.98 Å². The maximum atomic E-state index is 12.6. The standard InChI is InChI=1S/C21H24ClN3O2S/c1-15-5-2-9-19(23-15)24-21(27)17-7-4-10-25(12-17)20(26)14-28-13-16-6-3-8-18(22)11-16/h2-3,5-6,8-9,11,17H,4,7,10,12-14H2,1H3,(H,23,24,27). The summed E-state index contributed by atoms with van der Waals surface area (Å²) in [5.41, 5.74) is 1.96. The quantitative estimate of drug-likeness (QED) is 0.766. The molecule has 148 valence electrons. The first kappa shape index (κ1) is 20.7. The lowest BCUT2D eigenvalue weighted by Gasteiger charge is -2.32. The molecule has 1 aliphatic heterocycles. The average Bonchev–Trinajstić information content (AvgIpc) is 2.68. The van der Waals surface area contributed by atoms with E-state index < -0.39 is 0 Å². The van der Waals surface area contributed by atoms with Crippen LogP contribution >= 0.6 is 23.4 Å². The van der Waals surface area contributed by atoms with Gasteiger partial charge < -0.3 is 10.2 Å². The van der Waals surface area contributed by atoms with Crippen LogP contribution in [0.2, 0.25) is 5.02 Å². The number of benzene rings is 1.